The molecule has 0 spiro atoms. The number of aromatic nitrogens is 2. The quantitative estimate of drug-likeness (QED) is 0.869. The zero-order valence-corrected chi connectivity index (χ0v) is 14.8. The third-order valence-corrected chi connectivity index (χ3v) is 5.14. The molecular weight excluding hydrogens is 351 g/mol. The van der Waals surface area contributed by atoms with Gasteiger partial charge in [-0.15, -0.1) is 0 Å². The number of carbonyl (C=O) groups is 1. The summed E-state index contributed by atoms with van der Waals surface area (Å²) in [7, 11) is 0. The van der Waals surface area contributed by atoms with Crippen LogP contribution in [0.1, 0.15) is 54.2 Å². The fourth-order valence-electron chi connectivity index (χ4n) is 3.51. The van der Waals surface area contributed by atoms with Gasteiger partial charge in [0.15, 0.2) is 0 Å². The van der Waals surface area contributed by atoms with E-state index in [0.717, 1.165) is 32.1 Å². The highest BCUT2D eigenvalue weighted by Crippen LogP contribution is 2.32. The summed E-state index contributed by atoms with van der Waals surface area (Å²) in [4.78, 5) is 24.4. The lowest BCUT2D eigenvalue weighted by molar-refractivity contribution is 0.0694. The van der Waals surface area contributed by atoms with Crippen molar-refractivity contribution in [2.45, 2.75) is 45.1 Å². The second-order valence-electron chi connectivity index (χ2n) is 6.11. The zero-order valence-electron chi connectivity index (χ0n) is 13.3. The van der Waals surface area contributed by atoms with Crippen molar-refractivity contribution in [2.24, 2.45) is 0 Å². The lowest BCUT2D eigenvalue weighted by Crippen LogP contribution is -2.27. The van der Waals surface area contributed by atoms with Crippen molar-refractivity contribution in [2.75, 3.05) is 0 Å². The van der Waals surface area contributed by atoms with Crippen LogP contribution in [0.2, 0.25) is 10.0 Å². The van der Waals surface area contributed by atoms with Gasteiger partial charge in [-0.1, -0.05) is 42.5 Å². The van der Waals surface area contributed by atoms with Gasteiger partial charge in [-0.2, -0.15) is 0 Å². The first-order valence-electron chi connectivity index (χ1n) is 7.94. The molecule has 7 heteroatoms. The predicted molar refractivity (Wildman–Crippen MR) is 93.9 cm³/mol. The van der Waals surface area contributed by atoms with E-state index in [1.165, 1.54) is 4.68 Å². The minimum atomic E-state index is -1.22. The smallest absolute Gasteiger partial charge is 0.343 e. The van der Waals surface area contributed by atoms with Crippen LogP contribution < -0.4 is 5.56 Å². The first-order valence-corrected chi connectivity index (χ1v) is 8.70. The summed E-state index contributed by atoms with van der Waals surface area (Å²) in [5.41, 5.74) is 0.152. The first-order chi connectivity index (χ1) is 11.4. The van der Waals surface area contributed by atoms with Crippen LogP contribution in [0.15, 0.2) is 23.0 Å². The van der Waals surface area contributed by atoms with Crippen LogP contribution in [0.25, 0.3) is 5.69 Å². The Morgan fingerprint density at radius 1 is 1.21 bits per heavy atom. The Bertz CT molecular complexity index is 848. The number of aromatic carboxylic acids is 1. The number of hydrogen-bond acceptors (Lipinski definition) is 2. The largest absolute Gasteiger partial charge is 0.477 e. The molecule has 1 fully saturated rings. The summed E-state index contributed by atoms with van der Waals surface area (Å²) in [5, 5.41) is 10.2. The van der Waals surface area contributed by atoms with Gasteiger partial charge in [0.2, 0.25) is 0 Å². The van der Waals surface area contributed by atoms with E-state index in [9.17, 15) is 14.7 Å². The van der Waals surface area contributed by atoms with Crippen molar-refractivity contribution in [3.63, 3.8) is 0 Å². The highest BCUT2D eigenvalue weighted by molar-refractivity contribution is 6.35. The molecule has 128 valence electrons. The molecular formula is C17H18Cl2N2O3. The van der Waals surface area contributed by atoms with Crippen molar-refractivity contribution in [1.29, 1.82) is 0 Å². The fraction of sp³-hybridized carbons (Fsp3) is 0.412. The van der Waals surface area contributed by atoms with E-state index in [1.807, 2.05) is 0 Å². The van der Waals surface area contributed by atoms with E-state index in [1.54, 1.807) is 29.8 Å². The van der Waals surface area contributed by atoms with Crippen LogP contribution in [0.3, 0.4) is 0 Å². The third-order valence-electron chi connectivity index (χ3n) is 4.60. The van der Waals surface area contributed by atoms with Crippen LogP contribution in [0.5, 0.6) is 0 Å². The maximum absolute atomic E-state index is 12.8. The van der Waals surface area contributed by atoms with Gasteiger partial charge in [0.1, 0.15) is 5.56 Å². The number of carboxylic acids is 1. The first kappa shape index (κ1) is 17.1. The second kappa shape index (κ2) is 6.65. The van der Waals surface area contributed by atoms with Gasteiger partial charge >= 0.3 is 5.97 Å². The van der Waals surface area contributed by atoms with Crippen LogP contribution in [0.4, 0.5) is 0 Å². The van der Waals surface area contributed by atoms with Gasteiger partial charge in [0.25, 0.3) is 5.56 Å². The van der Waals surface area contributed by atoms with Crippen LogP contribution in [-0.2, 0) is 0 Å². The van der Waals surface area contributed by atoms with Gasteiger partial charge in [0.05, 0.1) is 22.4 Å². The molecule has 2 aromatic rings. The van der Waals surface area contributed by atoms with Gasteiger partial charge in [-0.25, -0.2) is 9.48 Å². The predicted octanol–water partition coefficient (Wildman–Crippen LogP) is 4.46. The summed E-state index contributed by atoms with van der Waals surface area (Å²) < 4.78 is 3.20. The normalized spacial score (nSPS) is 15.6. The molecule has 0 unspecified atom stereocenters. The molecule has 24 heavy (non-hydrogen) atoms. The number of carboxylic acid groups (broad SMARTS) is 1. The summed E-state index contributed by atoms with van der Waals surface area (Å²) in [6.45, 7) is 1.68. The fourth-order valence-corrected chi connectivity index (χ4v) is 4.00. The third kappa shape index (κ3) is 2.87. The molecule has 1 aliphatic rings. The Hall–Kier alpha value is -1.72. The van der Waals surface area contributed by atoms with Crippen molar-refractivity contribution in [3.8, 4) is 5.69 Å². The molecule has 1 heterocycles. The molecule has 1 aromatic carbocycles. The number of hydrogen-bond donors (Lipinski definition) is 1. The molecule has 0 amide bonds. The number of halogens is 2. The number of nitrogens with zero attached hydrogens (tertiary/aromatic N) is 2. The molecule has 1 N–H and O–H groups in total. The minimum absolute atomic E-state index is 0.0892. The summed E-state index contributed by atoms with van der Waals surface area (Å²) in [6.07, 6.45) is 5.12. The molecule has 5 nitrogen and oxygen atoms in total. The van der Waals surface area contributed by atoms with E-state index < -0.39 is 11.5 Å². The topological polar surface area (TPSA) is 64.2 Å². The Balaban J connectivity index is 2.28. The zero-order chi connectivity index (χ0) is 17.4. The van der Waals surface area contributed by atoms with E-state index in [0.29, 0.717) is 21.4 Å². The molecule has 1 aromatic heterocycles. The highest BCUT2D eigenvalue weighted by Gasteiger charge is 2.28. The average Bonchev–Trinajstić information content (AvgIpc) is 2.79. The standard InChI is InChI=1S/C17H18Cl2N2O3/c1-10-15(17(23)24)16(22)21(14-8-7-11(18)9-13(14)19)20(10)12-5-3-2-4-6-12/h7-9,12H,2-6H2,1H3,(H,23,24). The van der Waals surface area contributed by atoms with Crippen molar-refractivity contribution in [1.82, 2.24) is 9.36 Å². The maximum Gasteiger partial charge on any atom is 0.343 e. The van der Waals surface area contributed by atoms with E-state index in [-0.39, 0.29) is 11.6 Å². The second-order valence-corrected chi connectivity index (χ2v) is 6.96. The molecule has 0 atom stereocenters. The lowest BCUT2D eigenvalue weighted by Gasteiger charge is -2.27. The van der Waals surface area contributed by atoms with Crippen LogP contribution >= 0.6 is 23.2 Å². The highest BCUT2D eigenvalue weighted by atomic mass is 35.5. The Morgan fingerprint density at radius 3 is 2.46 bits per heavy atom. The van der Waals surface area contributed by atoms with E-state index in [4.69, 9.17) is 23.2 Å². The van der Waals surface area contributed by atoms with Gasteiger partial charge in [-0.3, -0.25) is 9.48 Å². The maximum atomic E-state index is 12.8. The van der Waals surface area contributed by atoms with Gasteiger partial charge in [-0.05, 0) is 38.0 Å². The molecule has 1 aliphatic carbocycles. The summed E-state index contributed by atoms with van der Waals surface area (Å²) in [5.74, 6) is -1.22. The van der Waals surface area contributed by atoms with E-state index in [2.05, 4.69) is 0 Å². The van der Waals surface area contributed by atoms with Gasteiger partial charge in [0, 0.05) is 5.02 Å². The average molecular weight is 369 g/mol. The molecule has 0 bridgehead atoms. The van der Waals surface area contributed by atoms with Crippen molar-refractivity contribution >= 4 is 29.2 Å². The molecule has 3 rings (SSSR count). The van der Waals surface area contributed by atoms with Crippen LogP contribution in [-0.4, -0.2) is 20.4 Å². The van der Waals surface area contributed by atoms with E-state index >= 15 is 0 Å². The summed E-state index contributed by atoms with van der Waals surface area (Å²) in [6, 6.07) is 4.93. The number of rotatable bonds is 3. The molecule has 1 saturated carbocycles. The lowest BCUT2D eigenvalue weighted by atomic mass is 9.95. The molecule has 0 saturated heterocycles. The number of benzene rings is 1. The Kier molecular flexibility index (Phi) is 4.74. The van der Waals surface area contributed by atoms with Gasteiger partial charge < -0.3 is 5.11 Å². The summed E-state index contributed by atoms with van der Waals surface area (Å²) >= 11 is 12.2. The SMILES string of the molecule is Cc1c(C(=O)O)c(=O)n(-c2ccc(Cl)cc2Cl)n1C1CCCCC1. The van der Waals surface area contributed by atoms with Crippen molar-refractivity contribution in [3.05, 3.63) is 49.9 Å². The minimum Gasteiger partial charge on any atom is -0.477 e. The molecule has 0 radical (unpaired) electrons. The Morgan fingerprint density at radius 2 is 1.88 bits per heavy atom. The van der Waals surface area contributed by atoms with Crippen molar-refractivity contribution < 1.29 is 9.90 Å². The molecule has 0 aliphatic heterocycles. The Labute approximate surface area is 149 Å². The monoisotopic (exact) mass is 368 g/mol. The van der Waals surface area contributed by atoms with Crippen LogP contribution in [0, 0.1) is 6.92 Å².